The SMILES string of the molecule is C=CCN(CC(N)=O)C(=O)c1ccc(CN2C(=O)c3ccccc3C3C(=O)N4CCOc5c(O)ccc(c54)C32)cc1. The van der Waals surface area contributed by atoms with Crippen molar-refractivity contribution in [2.24, 2.45) is 5.73 Å². The maximum Gasteiger partial charge on any atom is 0.255 e. The number of carbonyl (C=O) groups excluding carboxylic acids is 4. The van der Waals surface area contributed by atoms with Gasteiger partial charge in [0.1, 0.15) is 6.61 Å². The van der Waals surface area contributed by atoms with E-state index in [4.69, 9.17) is 10.5 Å². The van der Waals surface area contributed by atoms with Gasteiger partial charge >= 0.3 is 0 Å². The van der Waals surface area contributed by atoms with Gasteiger partial charge in [0.15, 0.2) is 11.5 Å². The summed E-state index contributed by atoms with van der Waals surface area (Å²) in [5.74, 6) is -1.81. The van der Waals surface area contributed by atoms with Crippen LogP contribution in [0, 0.1) is 0 Å². The lowest BCUT2D eigenvalue weighted by atomic mass is 9.75. The quantitative estimate of drug-likeness (QED) is 0.433. The number of primary amides is 1. The van der Waals surface area contributed by atoms with E-state index in [0.29, 0.717) is 28.9 Å². The summed E-state index contributed by atoms with van der Waals surface area (Å²) in [4.78, 5) is 57.0. The van der Waals surface area contributed by atoms with Gasteiger partial charge in [-0.2, -0.15) is 0 Å². The van der Waals surface area contributed by atoms with Crippen molar-refractivity contribution in [1.82, 2.24) is 9.80 Å². The van der Waals surface area contributed by atoms with Crippen molar-refractivity contribution >= 4 is 29.3 Å². The molecule has 3 N–H and O–H groups in total. The number of benzene rings is 3. The van der Waals surface area contributed by atoms with Gasteiger partial charge in [-0.15, -0.1) is 6.58 Å². The number of hydrogen-bond acceptors (Lipinski definition) is 6. The average Bonchev–Trinajstić information content (AvgIpc) is 2.98. The Morgan fingerprint density at radius 1 is 1.07 bits per heavy atom. The first-order valence-corrected chi connectivity index (χ1v) is 13.3. The molecule has 0 aromatic heterocycles. The Morgan fingerprint density at radius 2 is 1.83 bits per heavy atom. The van der Waals surface area contributed by atoms with E-state index in [2.05, 4.69) is 6.58 Å². The number of hydrogen-bond donors (Lipinski definition) is 2. The largest absolute Gasteiger partial charge is 0.504 e. The van der Waals surface area contributed by atoms with E-state index in [9.17, 15) is 24.3 Å². The molecule has 10 nitrogen and oxygen atoms in total. The number of carbonyl (C=O) groups is 4. The van der Waals surface area contributed by atoms with Gasteiger partial charge in [0.25, 0.3) is 11.8 Å². The topological polar surface area (TPSA) is 133 Å². The normalized spacial score (nSPS) is 18.5. The van der Waals surface area contributed by atoms with Crippen LogP contribution in [0.4, 0.5) is 5.69 Å². The van der Waals surface area contributed by atoms with Gasteiger partial charge in [0.05, 0.1) is 30.7 Å². The Balaban J connectivity index is 1.39. The fourth-order valence-electron chi connectivity index (χ4n) is 6.05. The molecule has 2 unspecified atom stereocenters. The number of fused-ring (bicyclic) bond motifs is 4. The van der Waals surface area contributed by atoms with Crippen molar-refractivity contribution in [2.45, 2.75) is 18.5 Å². The van der Waals surface area contributed by atoms with Crippen molar-refractivity contribution in [1.29, 1.82) is 0 Å². The molecule has 3 heterocycles. The minimum atomic E-state index is -0.631. The number of rotatable bonds is 7. The third-order valence-corrected chi connectivity index (χ3v) is 7.80. The van der Waals surface area contributed by atoms with Crippen molar-refractivity contribution < 1.29 is 29.0 Å². The van der Waals surface area contributed by atoms with Crippen LogP contribution in [0.15, 0.2) is 73.3 Å². The fourth-order valence-corrected chi connectivity index (χ4v) is 6.05. The predicted octanol–water partition coefficient (Wildman–Crippen LogP) is 2.73. The molecular weight excluding hydrogens is 524 g/mol. The molecule has 3 aliphatic rings. The second-order valence-electron chi connectivity index (χ2n) is 10.3. The highest BCUT2D eigenvalue weighted by Gasteiger charge is 2.51. The standard InChI is InChI=1S/C31H28N4O6/c1-2-13-33(17-24(32)37)29(38)19-9-7-18(8-10-19)16-35-26-22-11-12-23(36)28-27(22)34(14-15-41-28)31(40)25(26)20-5-3-4-6-21(20)30(35)39/h2-12,25-26,36H,1,13-17H2,(H2,32,37). The first kappa shape index (κ1) is 26.1. The Kier molecular flexibility index (Phi) is 6.45. The molecule has 2 atom stereocenters. The lowest BCUT2D eigenvalue weighted by Gasteiger charge is -2.49. The van der Waals surface area contributed by atoms with E-state index in [-0.39, 0.29) is 55.5 Å². The van der Waals surface area contributed by atoms with E-state index in [1.807, 2.05) is 12.1 Å². The maximum absolute atomic E-state index is 14.0. The summed E-state index contributed by atoms with van der Waals surface area (Å²) in [5.41, 5.74) is 8.77. The van der Waals surface area contributed by atoms with Gasteiger partial charge in [-0.25, -0.2) is 0 Å². The van der Waals surface area contributed by atoms with Gasteiger partial charge in [-0.3, -0.25) is 19.2 Å². The number of nitrogens with zero attached hydrogens (tertiary/aromatic N) is 3. The number of phenolic OH excluding ortho intramolecular Hbond substituents is 1. The molecule has 0 saturated carbocycles. The first-order valence-electron chi connectivity index (χ1n) is 13.3. The van der Waals surface area contributed by atoms with Gasteiger partial charge < -0.3 is 30.3 Å². The van der Waals surface area contributed by atoms with Crippen molar-refractivity contribution in [3.05, 3.63) is 101 Å². The second kappa shape index (κ2) is 10.1. The molecule has 0 saturated heterocycles. The smallest absolute Gasteiger partial charge is 0.255 e. The van der Waals surface area contributed by atoms with Crippen LogP contribution in [0.2, 0.25) is 0 Å². The summed E-state index contributed by atoms with van der Waals surface area (Å²) in [6, 6.07) is 16.6. The molecule has 208 valence electrons. The Bertz CT molecular complexity index is 1600. The van der Waals surface area contributed by atoms with Crippen LogP contribution in [-0.4, -0.2) is 64.8 Å². The molecule has 41 heavy (non-hydrogen) atoms. The predicted molar refractivity (Wildman–Crippen MR) is 149 cm³/mol. The highest BCUT2D eigenvalue weighted by atomic mass is 16.5. The van der Waals surface area contributed by atoms with Gasteiger partial charge in [0, 0.05) is 29.8 Å². The van der Waals surface area contributed by atoms with Crippen molar-refractivity contribution in [3.8, 4) is 11.5 Å². The number of aromatic hydroxyl groups is 1. The number of ether oxygens (including phenoxy) is 1. The highest BCUT2D eigenvalue weighted by Crippen LogP contribution is 2.55. The molecule has 3 aromatic rings. The summed E-state index contributed by atoms with van der Waals surface area (Å²) < 4.78 is 5.76. The van der Waals surface area contributed by atoms with E-state index in [1.54, 1.807) is 52.3 Å². The first-order chi connectivity index (χ1) is 19.8. The molecule has 0 fully saturated rings. The number of phenols is 1. The van der Waals surface area contributed by atoms with Crippen LogP contribution >= 0.6 is 0 Å². The van der Waals surface area contributed by atoms with E-state index in [0.717, 1.165) is 11.1 Å². The monoisotopic (exact) mass is 552 g/mol. The molecule has 4 amide bonds. The zero-order valence-corrected chi connectivity index (χ0v) is 22.2. The minimum Gasteiger partial charge on any atom is -0.504 e. The van der Waals surface area contributed by atoms with Gasteiger partial charge in [-0.05, 0) is 35.4 Å². The summed E-state index contributed by atoms with van der Waals surface area (Å²) in [6.45, 7) is 4.34. The Morgan fingerprint density at radius 3 is 2.56 bits per heavy atom. The minimum absolute atomic E-state index is 0.0594. The molecule has 0 bridgehead atoms. The van der Waals surface area contributed by atoms with Gasteiger partial charge in [-0.1, -0.05) is 42.5 Å². The second-order valence-corrected chi connectivity index (χ2v) is 10.3. The van der Waals surface area contributed by atoms with Crippen molar-refractivity contribution in [3.63, 3.8) is 0 Å². The summed E-state index contributed by atoms with van der Waals surface area (Å²) in [7, 11) is 0. The van der Waals surface area contributed by atoms with Crippen molar-refractivity contribution in [2.75, 3.05) is 31.1 Å². The van der Waals surface area contributed by atoms with Crippen LogP contribution in [-0.2, 0) is 16.1 Å². The molecule has 0 spiro atoms. The molecule has 3 aliphatic heterocycles. The third kappa shape index (κ3) is 4.28. The molecular formula is C31H28N4O6. The fraction of sp³-hybridized carbons (Fsp3) is 0.226. The lowest BCUT2D eigenvalue weighted by molar-refractivity contribution is -0.122. The summed E-state index contributed by atoms with van der Waals surface area (Å²) in [6.07, 6.45) is 1.52. The average molecular weight is 553 g/mol. The van der Waals surface area contributed by atoms with Crippen LogP contribution in [0.5, 0.6) is 11.5 Å². The van der Waals surface area contributed by atoms with Crippen LogP contribution in [0.25, 0.3) is 0 Å². The third-order valence-electron chi connectivity index (χ3n) is 7.80. The zero-order valence-electron chi connectivity index (χ0n) is 22.2. The van der Waals surface area contributed by atoms with Crippen LogP contribution in [0.1, 0.15) is 49.4 Å². The number of nitrogens with two attached hydrogens (primary N) is 1. The molecule has 0 aliphatic carbocycles. The number of amides is 4. The van der Waals surface area contributed by atoms with E-state index < -0.39 is 17.9 Å². The summed E-state index contributed by atoms with van der Waals surface area (Å²) >= 11 is 0. The Labute approximate surface area is 236 Å². The summed E-state index contributed by atoms with van der Waals surface area (Å²) in [5, 5.41) is 10.5. The van der Waals surface area contributed by atoms with E-state index in [1.165, 1.54) is 17.0 Å². The van der Waals surface area contributed by atoms with E-state index >= 15 is 0 Å². The Hall–Kier alpha value is -5.12. The van der Waals surface area contributed by atoms with Crippen LogP contribution in [0.3, 0.4) is 0 Å². The van der Waals surface area contributed by atoms with Gasteiger partial charge in [0.2, 0.25) is 11.8 Å². The highest BCUT2D eigenvalue weighted by molar-refractivity contribution is 6.09. The molecule has 6 rings (SSSR count). The molecule has 0 radical (unpaired) electrons. The van der Waals surface area contributed by atoms with Crippen LogP contribution < -0.4 is 15.4 Å². The molecule has 3 aromatic carbocycles. The molecule has 10 heteroatoms. The lowest BCUT2D eigenvalue weighted by Crippen LogP contribution is -2.53. The number of anilines is 1. The maximum atomic E-state index is 14.0. The zero-order chi connectivity index (χ0) is 28.8.